The predicted molar refractivity (Wildman–Crippen MR) is 115 cm³/mol. The average molecular weight is 417 g/mol. The van der Waals surface area contributed by atoms with Crippen molar-refractivity contribution in [2.75, 3.05) is 5.75 Å². The number of thiazole rings is 1. The number of nitrogens with zero attached hydrogens (tertiary/aromatic N) is 1. The summed E-state index contributed by atoms with van der Waals surface area (Å²) in [5.74, 6) is 1.84. The molecule has 0 saturated carbocycles. The Morgan fingerprint density at radius 2 is 2.11 bits per heavy atom. The monoisotopic (exact) mass is 416 g/mol. The fourth-order valence-electron chi connectivity index (χ4n) is 3.80. The zero-order chi connectivity index (χ0) is 19.3. The molecule has 0 spiro atoms. The van der Waals surface area contributed by atoms with Crippen LogP contribution in [-0.2, 0) is 4.74 Å². The van der Waals surface area contributed by atoms with E-state index in [0.29, 0.717) is 12.5 Å². The van der Waals surface area contributed by atoms with E-state index >= 15 is 0 Å². The molecule has 7 heteroatoms. The maximum absolute atomic E-state index is 10.2. The summed E-state index contributed by atoms with van der Waals surface area (Å²) < 4.78 is 12.9. The lowest BCUT2D eigenvalue weighted by Gasteiger charge is -2.32. The standard InChI is InChI=1S/C21H24N2O3S2/c1-11-10-27-19(22-11)20-23-16-7-4-13-9-14(5-6-15(13)18(16)28-20)26-21-17(24)8-3-12(2)25-21/h4-7,9,11-12,17,19,21-22,24H,3,8,10H2,1-2H3. The third-order valence-electron chi connectivity index (χ3n) is 5.33. The first-order valence-electron chi connectivity index (χ1n) is 9.78. The number of hydrogen-bond donors (Lipinski definition) is 2. The SMILES string of the molecule is CC1CSC(c2nc3ccc4cc(OC5OC(C)CCC5O)ccc4c3s2)N1. The lowest BCUT2D eigenvalue weighted by Crippen LogP contribution is -2.41. The molecule has 3 aromatic rings. The molecule has 5 nitrogen and oxygen atoms in total. The van der Waals surface area contributed by atoms with Gasteiger partial charge in [0.2, 0.25) is 6.29 Å². The lowest BCUT2D eigenvalue weighted by atomic mass is 10.1. The summed E-state index contributed by atoms with van der Waals surface area (Å²) in [5.41, 5.74) is 1.04. The number of aliphatic hydroxyl groups is 1. The van der Waals surface area contributed by atoms with Crippen molar-refractivity contribution >= 4 is 44.1 Å². The van der Waals surface area contributed by atoms with Crippen molar-refractivity contribution < 1.29 is 14.6 Å². The third kappa shape index (κ3) is 3.50. The van der Waals surface area contributed by atoms with Gasteiger partial charge >= 0.3 is 0 Å². The van der Waals surface area contributed by atoms with Gasteiger partial charge in [-0.2, -0.15) is 0 Å². The molecule has 2 fully saturated rings. The topological polar surface area (TPSA) is 63.6 Å². The number of ether oxygens (including phenoxy) is 2. The minimum Gasteiger partial charge on any atom is -0.462 e. The molecule has 2 aliphatic heterocycles. The van der Waals surface area contributed by atoms with Gasteiger partial charge in [0.1, 0.15) is 22.2 Å². The highest BCUT2D eigenvalue weighted by Crippen LogP contribution is 2.39. The molecule has 3 heterocycles. The number of aliphatic hydroxyl groups excluding tert-OH is 1. The normalized spacial score (nSPS) is 30.9. The number of fused-ring (bicyclic) bond motifs is 3. The lowest BCUT2D eigenvalue weighted by molar-refractivity contribution is -0.196. The second-order valence-corrected chi connectivity index (χ2v) is 9.88. The molecule has 2 aromatic carbocycles. The van der Waals surface area contributed by atoms with Crippen LogP contribution in [0, 0.1) is 0 Å². The van der Waals surface area contributed by atoms with Crippen LogP contribution in [0.1, 0.15) is 37.1 Å². The summed E-state index contributed by atoms with van der Waals surface area (Å²) in [7, 11) is 0. The maximum Gasteiger partial charge on any atom is 0.226 e. The van der Waals surface area contributed by atoms with E-state index in [4.69, 9.17) is 14.5 Å². The predicted octanol–water partition coefficient (Wildman–Crippen LogP) is 4.44. The molecular formula is C21H24N2O3S2. The summed E-state index contributed by atoms with van der Waals surface area (Å²) in [4.78, 5) is 4.86. The zero-order valence-corrected chi connectivity index (χ0v) is 17.6. The van der Waals surface area contributed by atoms with E-state index in [2.05, 4.69) is 30.4 Å². The molecule has 28 heavy (non-hydrogen) atoms. The number of aromatic nitrogens is 1. The minimum absolute atomic E-state index is 0.105. The Hall–Kier alpha value is -1.38. The quantitative estimate of drug-likeness (QED) is 0.658. The molecule has 2 saturated heterocycles. The molecule has 5 atom stereocenters. The van der Waals surface area contributed by atoms with E-state index in [-0.39, 0.29) is 11.5 Å². The van der Waals surface area contributed by atoms with Gasteiger partial charge in [-0.15, -0.1) is 23.1 Å². The highest BCUT2D eigenvalue weighted by molar-refractivity contribution is 7.99. The van der Waals surface area contributed by atoms with Crippen LogP contribution in [0.3, 0.4) is 0 Å². The largest absolute Gasteiger partial charge is 0.462 e. The van der Waals surface area contributed by atoms with Crippen LogP contribution >= 0.6 is 23.1 Å². The van der Waals surface area contributed by atoms with Crippen molar-refractivity contribution in [3.05, 3.63) is 35.3 Å². The molecule has 5 rings (SSSR count). The van der Waals surface area contributed by atoms with E-state index in [9.17, 15) is 5.11 Å². The molecule has 5 unspecified atom stereocenters. The number of thioether (sulfide) groups is 1. The summed E-state index contributed by atoms with van der Waals surface area (Å²) >= 11 is 3.69. The smallest absolute Gasteiger partial charge is 0.226 e. The molecule has 148 valence electrons. The van der Waals surface area contributed by atoms with Crippen LogP contribution < -0.4 is 10.1 Å². The average Bonchev–Trinajstić information content (AvgIpc) is 3.30. The number of hydrogen-bond acceptors (Lipinski definition) is 7. The van der Waals surface area contributed by atoms with Gasteiger partial charge < -0.3 is 14.6 Å². The summed E-state index contributed by atoms with van der Waals surface area (Å²) in [6.07, 6.45) is 0.478. The molecule has 2 N–H and O–H groups in total. The summed E-state index contributed by atoms with van der Waals surface area (Å²) in [5, 5.41) is 17.5. The van der Waals surface area contributed by atoms with Gasteiger partial charge in [0.25, 0.3) is 0 Å². The van der Waals surface area contributed by atoms with Crippen LogP contribution in [0.4, 0.5) is 0 Å². The number of benzene rings is 2. The molecule has 2 aliphatic rings. The van der Waals surface area contributed by atoms with E-state index in [1.165, 1.54) is 10.1 Å². The van der Waals surface area contributed by atoms with Crippen LogP contribution in [0.25, 0.3) is 21.0 Å². The fraction of sp³-hybridized carbons (Fsp3) is 0.476. The molecule has 0 aliphatic carbocycles. The van der Waals surface area contributed by atoms with Crippen molar-refractivity contribution in [1.29, 1.82) is 0 Å². The Morgan fingerprint density at radius 1 is 1.21 bits per heavy atom. The van der Waals surface area contributed by atoms with Crippen LogP contribution in [0.5, 0.6) is 5.75 Å². The van der Waals surface area contributed by atoms with Gasteiger partial charge in [-0.25, -0.2) is 4.98 Å². The summed E-state index contributed by atoms with van der Waals surface area (Å²) in [6, 6.07) is 10.8. The van der Waals surface area contributed by atoms with E-state index in [1.54, 1.807) is 11.3 Å². The van der Waals surface area contributed by atoms with Crippen LogP contribution in [0.2, 0.25) is 0 Å². The highest BCUT2D eigenvalue weighted by atomic mass is 32.2. The minimum atomic E-state index is -0.604. The Bertz CT molecular complexity index is 1010. The second-order valence-electron chi connectivity index (χ2n) is 7.71. The van der Waals surface area contributed by atoms with Crippen molar-refractivity contribution in [3.8, 4) is 5.75 Å². The van der Waals surface area contributed by atoms with Crippen LogP contribution in [0.15, 0.2) is 30.3 Å². The highest BCUT2D eigenvalue weighted by Gasteiger charge is 2.29. The molecule has 0 radical (unpaired) electrons. The first kappa shape index (κ1) is 18.6. The second kappa shape index (κ2) is 7.46. The Kier molecular flexibility index (Phi) is 4.97. The van der Waals surface area contributed by atoms with Gasteiger partial charge in [0.05, 0.1) is 16.3 Å². The van der Waals surface area contributed by atoms with Crippen molar-refractivity contribution in [2.24, 2.45) is 0 Å². The summed E-state index contributed by atoms with van der Waals surface area (Å²) in [6.45, 7) is 4.23. The molecule has 0 bridgehead atoms. The first-order valence-corrected chi connectivity index (χ1v) is 11.6. The molecule has 1 aromatic heterocycles. The zero-order valence-electron chi connectivity index (χ0n) is 15.9. The number of nitrogens with one attached hydrogen (secondary N) is 1. The van der Waals surface area contributed by atoms with E-state index < -0.39 is 12.4 Å². The number of rotatable bonds is 3. The van der Waals surface area contributed by atoms with E-state index in [1.807, 2.05) is 30.8 Å². The Morgan fingerprint density at radius 3 is 2.93 bits per heavy atom. The molecule has 0 amide bonds. The molecular weight excluding hydrogens is 392 g/mol. The van der Waals surface area contributed by atoms with Gasteiger partial charge in [0, 0.05) is 17.2 Å². The maximum atomic E-state index is 10.2. The fourth-order valence-corrected chi connectivity index (χ4v) is 6.29. The van der Waals surface area contributed by atoms with Crippen molar-refractivity contribution in [1.82, 2.24) is 10.3 Å². The van der Waals surface area contributed by atoms with Gasteiger partial charge in [-0.05, 0) is 56.3 Å². The first-order chi connectivity index (χ1) is 13.6. The van der Waals surface area contributed by atoms with Gasteiger partial charge in [0.15, 0.2) is 0 Å². The Balaban J connectivity index is 1.44. The van der Waals surface area contributed by atoms with E-state index in [0.717, 1.165) is 33.8 Å². The van der Waals surface area contributed by atoms with Gasteiger partial charge in [-0.3, -0.25) is 5.32 Å². The van der Waals surface area contributed by atoms with Gasteiger partial charge in [-0.1, -0.05) is 6.07 Å². The van der Waals surface area contributed by atoms with Crippen molar-refractivity contribution in [2.45, 2.75) is 56.6 Å². The third-order valence-corrected chi connectivity index (χ3v) is 8.04. The Labute approximate surface area is 172 Å². The van der Waals surface area contributed by atoms with Crippen molar-refractivity contribution in [3.63, 3.8) is 0 Å². The van der Waals surface area contributed by atoms with Crippen LogP contribution in [-0.4, -0.2) is 40.4 Å².